The predicted octanol–water partition coefficient (Wildman–Crippen LogP) is 4.92. The number of thiophene rings is 1. The van der Waals surface area contributed by atoms with E-state index in [0.29, 0.717) is 6.04 Å². The molecule has 0 saturated heterocycles. The van der Waals surface area contributed by atoms with E-state index in [0.717, 1.165) is 12.5 Å². The van der Waals surface area contributed by atoms with Gasteiger partial charge in [0.2, 0.25) is 0 Å². The van der Waals surface area contributed by atoms with Crippen molar-refractivity contribution in [3.8, 4) is 0 Å². The molecule has 0 radical (unpaired) electrons. The first kappa shape index (κ1) is 14.7. The summed E-state index contributed by atoms with van der Waals surface area (Å²) in [6.45, 7) is 10.2. The lowest BCUT2D eigenvalue weighted by Gasteiger charge is -2.24. The maximum atomic E-state index is 3.72. The zero-order valence-corrected chi connectivity index (χ0v) is 12.6. The molecule has 1 aromatic heterocycles. The second-order valence-electron chi connectivity index (χ2n) is 5.00. The van der Waals surface area contributed by atoms with Crippen LogP contribution in [0.2, 0.25) is 0 Å². The van der Waals surface area contributed by atoms with Gasteiger partial charge < -0.3 is 5.32 Å². The summed E-state index contributed by atoms with van der Waals surface area (Å²) < 4.78 is 0. The molecule has 98 valence electrons. The number of rotatable bonds is 8. The maximum Gasteiger partial charge on any atom is 0.0440 e. The van der Waals surface area contributed by atoms with Crippen LogP contribution in [0.3, 0.4) is 0 Å². The molecule has 1 N–H and O–H groups in total. The second-order valence-corrected chi connectivity index (χ2v) is 6.32. The molecule has 1 nitrogen and oxygen atoms in total. The number of hydrogen-bond donors (Lipinski definition) is 1. The van der Waals surface area contributed by atoms with E-state index in [2.05, 4.69) is 45.1 Å². The number of nitrogens with one attached hydrogen (secondary N) is 1. The smallest absolute Gasteiger partial charge is 0.0440 e. The van der Waals surface area contributed by atoms with Gasteiger partial charge in [-0.1, -0.05) is 33.6 Å². The van der Waals surface area contributed by atoms with Crippen LogP contribution < -0.4 is 5.32 Å². The zero-order valence-electron chi connectivity index (χ0n) is 11.8. The quantitative estimate of drug-likeness (QED) is 0.693. The lowest BCUT2D eigenvalue weighted by atomic mass is 9.94. The lowest BCUT2D eigenvalue weighted by Crippen LogP contribution is -2.27. The van der Waals surface area contributed by atoms with E-state index < -0.39 is 0 Å². The molecule has 0 aliphatic rings. The van der Waals surface area contributed by atoms with Gasteiger partial charge in [-0.05, 0) is 44.4 Å². The third-order valence-corrected chi connectivity index (χ3v) is 4.35. The molecule has 0 fully saturated rings. The topological polar surface area (TPSA) is 12.0 Å². The van der Waals surface area contributed by atoms with Gasteiger partial charge in [-0.15, -0.1) is 11.3 Å². The Kier molecular flexibility index (Phi) is 6.83. The molecule has 1 heterocycles. The van der Waals surface area contributed by atoms with Gasteiger partial charge in [0.1, 0.15) is 0 Å². The number of unbranched alkanes of at least 4 members (excludes halogenated alkanes) is 1. The van der Waals surface area contributed by atoms with Crippen LogP contribution in [0.15, 0.2) is 12.1 Å². The van der Waals surface area contributed by atoms with Crippen LogP contribution in [0.25, 0.3) is 0 Å². The van der Waals surface area contributed by atoms with E-state index in [1.807, 2.05) is 11.3 Å². The molecule has 2 atom stereocenters. The Labute approximate surface area is 111 Å². The van der Waals surface area contributed by atoms with Gasteiger partial charge in [0.25, 0.3) is 0 Å². The van der Waals surface area contributed by atoms with E-state index in [1.54, 1.807) is 0 Å². The highest BCUT2D eigenvalue weighted by Gasteiger charge is 2.19. The van der Waals surface area contributed by atoms with Crippen molar-refractivity contribution in [2.45, 2.75) is 59.4 Å². The SMILES string of the molecule is CCCCC(C)C(NCCC)c1ccc(C)s1. The van der Waals surface area contributed by atoms with Crippen molar-refractivity contribution < 1.29 is 0 Å². The molecule has 0 bridgehead atoms. The molecule has 2 unspecified atom stereocenters. The fourth-order valence-corrected chi connectivity index (χ4v) is 3.28. The molecular formula is C15H27NS. The van der Waals surface area contributed by atoms with Crippen LogP contribution >= 0.6 is 11.3 Å². The van der Waals surface area contributed by atoms with Gasteiger partial charge in [0.15, 0.2) is 0 Å². The molecule has 0 aliphatic heterocycles. The van der Waals surface area contributed by atoms with Crippen molar-refractivity contribution in [2.24, 2.45) is 5.92 Å². The van der Waals surface area contributed by atoms with Gasteiger partial charge in [0.05, 0.1) is 0 Å². The van der Waals surface area contributed by atoms with Crippen LogP contribution in [0, 0.1) is 12.8 Å². The van der Waals surface area contributed by atoms with Crippen LogP contribution in [0.5, 0.6) is 0 Å². The zero-order chi connectivity index (χ0) is 12.7. The lowest BCUT2D eigenvalue weighted by molar-refractivity contribution is 0.362. The van der Waals surface area contributed by atoms with E-state index in [1.165, 1.54) is 35.4 Å². The highest BCUT2D eigenvalue weighted by Crippen LogP contribution is 2.30. The Morgan fingerprint density at radius 2 is 2.00 bits per heavy atom. The van der Waals surface area contributed by atoms with E-state index in [4.69, 9.17) is 0 Å². The predicted molar refractivity (Wildman–Crippen MR) is 78.8 cm³/mol. The first-order chi connectivity index (χ1) is 8.19. The van der Waals surface area contributed by atoms with Crippen molar-refractivity contribution in [2.75, 3.05) is 6.54 Å². The summed E-state index contributed by atoms with van der Waals surface area (Å²) in [6, 6.07) is 5.10. The second kappa shape index (κ2) is 7.88. The van der Waals surface area contributed by atoms with Crippen molar-refractivity contribution in [1.82, 2.24) is 5.32 Å². The molecule has 0 aromatic carbocycles. The Hall–Kier alpha value is -0.340. The molecular weight excluding hydrogens is 226 g/mol. The average molecular weight is 253 g/mol. The van der Waals surface area contributed by atoms with E-state index >= 15 is 0 Å². The summed E-state index contributed by atoms with van der Waals surface area (Å²) in [4.78, 5) is 2.94. The van der Waals surface area contributed by atoms with Gasteiger partial charge >= 0.3 is 0 Å². The van der Waals surface area contributed by atoms with Gasteiger partial charge in [-0.3, -0.25) is 0 Å². The Bertz CT molecular complexity index is 306. The summed E-state index contributed by atoms with van der Waals surface area (Å²) in [5.41, 5.74) is 0. The molecule has 1 rings (SSSR count). The molecule has 0 aliphatic carbocycles. The molecule has 17 heavy (non-hydrogen) atoms. The summed E-state index contributed by atoms with van der Waals surface area (Å²) in [5, 5.41) is 3.72. The summed E-state index contributed by atoms with van der Waals surface area (Å²) in [6.07, 6.45) is 5.18. The van der Waals surface area contributed by atoms with Crippen LogP contribution in [-0.4, -0.2) is 6.54 Å². The van der Waals surface area contributed by atoms with E-state index in [-0.39, 0.29) is 0 Å². The molecule has 0 spiro atoms. The molecule has 1 aromatic rings. The summed E-state index contributed by atoms with van der Waals surface area (Å²) in [7, 11) is 0. The number of aryl methyl sites for hydroxylation is 1. The maximum absolute atomic E-state index is 3.72. The Balaban J connectivity index is 2.65. The van der Waals surface area contributed by atoms with Crippen LogP contribution in [-0.2, 0) is 0 Å². The van der Waals surface area contributed by atoms with E-state index in [9.17, 15) is 0 Å². The first-order valence-corrected chi connectivity index (χ1v) is 7.80. The molecule has 0 saturated carbocycles. The Morgan fingerprint density at radius 1 is 1.24 bits per heavy atom. The average Bonchev–Trinajstić information content (AvgIpc) is 2.73. The van der Waals surface area contributed by atoms with Crippen molar-refractivity contribution in [3.05, 3.63) is 21.9 Å². The minimum Gasteiger partial charge on any atom is -0.309 e. The number of hydrogen-bond acceptors (Lipinski definition) is 2. The highest BCUT2D eigenvalue weighted by atomic mass is 32.1. The van der Waals surface area contributed by atoms with Crippen LogP contribution in [0.4, 0.5) is 0 Å². The normalized spacial score (nSPS) is 14.8. The van der Waals surface area contributed by atoms with Crippen molar-refractivity contribution in [1.29, 1.82) is 0 Å². The standard InChI is InChI=1S/C15H27NS/c1-5-7-8-12(3)15(16-11-6-2)14-10-9-13(4)17-14/h9-10,12,15-16H,5-8,11H2,1-4H3. The van der Waals surface area contributed by atoms with Crippen molar-refractivity contribution >= 4 is 11.3 Å². The minimum atomic E-state index is 0.556. The van der Waals surface area contributed by atoms with Gasteiger partial charge in [0, 0.05) is 15.8 Å². The summed E-state index contributed by atoms with van der Waals surface area (Å²) >= 11 is 1.95. The monoisotopic (exact) mass is 253 g/mol. The Morgan fingerprint density at radius 3 is 2.53 bits per heavy atom. The fourth-order valence-electron chi connectivity index (χ4n) is 2.20. The summed E-state index contributed by atoms with van der Waals surface area (Å²) in [5.74, 6) is 0.736. The minimum absolute atomic E-state index is 0.556. The fraction of sp³-hybridized carbons (Fsp3) is 0.733. The highest BCUT2D eigenvalue weighted by molar-refractivity contribution is 7.12. The van der Waals surface area contributed by atoms with Crippen molar-refractivity contribution in [3.63, 3.8) is 0 Å². The third-order valence-electron chi connectivity index (χ3n) is 3.26. The molecule has 2 heteroatoms. The largest absolute Gasteiger partial charge is 0.309 e. The van der Waals surface area contributed by atoms with Crippen LogP contribution in [0.1, 0.15) is 62.3 Å². The van der Waals surface area contributed by atoms with Gasteiger partial charge in [-0.25, -0.2) is 0 Å². The first-order valence-electron chi connectivity index (χ1n) is 6.98. The third kappa shape index (κ3) is 4.81. The van der Waals surface area contributed by atoms with Gasteiger partial charge in [-0.2, -0.15) is 0 Å². The molecule has 0 amide bonds.